The molecule has 0 aromatic heterocycles. The van der Waals surface area contributed by atoms with E-state index in [-0.39, 0.29) is 6.10 Å². The zero-order chi connectivity index (χ0) is 20.5. The third-order valence-corrected chi connectivity index (χ3v) is 5.56. The first-order chi connectivity index (χ1) is 14.2. The van der Waals surface area contributed by atoms with Gasteiger partial charge in [-0.2, -0.15) is 0 Å². The first kappa shape index (κ1) is 21.2. The maximum atomic E-state index is 11.6. The van der Waals surface area contributed by atoms with Crippen molar-refractivity contribution in [3.63, 3.8) is 0 Å². The van der Waals surface area contributed by atoms with E-state index in [1.54, 1.807) is 6.34 Å². The molecule has 0 bridgehead atoms. The molecule has 156 valence electrons. The Labute approximate surface area is 173 Å². The van der Waals surface area contributed by atoms with Crippen molar-refractivity contribution in [2.45, 2.75) is 58.0 Å². The summed E-state index contributed by atoms with van der Waals surface area (Å²) in [5.41, 5.74) is 3.44. The lowest BCUT2D eigenvalue weighted by atomic mass is 9.84. The average Bonchev–Trinajstić information content (AvgIpc) is 2.76. The van der Waals surface area contributed by atoms with Gasteiger partial charge in [0.2, 0.25) is 0 Å². The van der Waals surface area contributed by atoms with E-state index in [0.717, 1.165) is 12.0 Å². The van der Waals surface area contributed by atoms with Crippen LogP contribution in [0.5, 0.6) is 0 Å². The van der Waals surface area contributed by atoms with Gasteiger partial charge in [-0.25, -0.2) is 4.99 Å². The van der Waals surface area contributed by atoms with Crippen molar-refractivity contribution in [2.24, 2.45) is 9.98 Å². The second-order valence-corrected chi connectivity index (χ2v) is 7.79. The number of carbonyl (C=O) groups is 1. The molecule has 1 saturated carbocycles. The van der Waals surface area contributed by atoms with Gasteiger partial charge in [0.05, 0.1) is 25.6 Å². The van der Waals surface area contributed by atoms with E-state index in [1.165, 1.54) is 37.7 Å². The molecular formula is C23H32N4O2. The molecule has 29 heavy (non-hydrogen) atoms. The highest BCUT2D eigenvalue weighted by atomic mass is 16.5. The zero-order valence-electron chi connectivity index (χ0n) is 17.5. The molecule has 2 N–H and O–H groups in total. The summed E-state index contributed by atoms with van der Waals surface area (Å²) in [6.45, 7) is 5.52. The summed E-state index contributed by atoms with van der Waals surface area (Å²) in [5, 5.41) is 6.44. The van der Waals surface area contributed by atoms with Crippen LogP contribution in [0.25, 0.3) is 0 Å². The number of amidine groups is 1. The van der Waals surface area contributed by atoms with Gasteiger partial charge in [0.15, 0.2) is 6.29 Å². The number of rotatable bonds is 3. The minimum atomic E-state index is 0.0459. The lowest BCUT2D eigenvalue weighted by Gasteiger charge is -2.22. The second-order valence-electron chi connectivity index (χ2n) is 7.79. The molecule has 0 radical (unpaired) electrons. The molecule has 2 aliphatic rings. The smallest absolute Gasteiger partial charge is 0.168 e. The molecule has 1 atom stereocenters. The highest BCUT2D eigenvalue weighted by Crippen LogP contribution is 2.33. The van der Waals surface area contributed by atoms with Crippen LogP contribution in [0.15, 0.2) is 45.5 Å². The molecule has 3 rings (SSSR count). The molecule has 1 aliphatic carbocycles. The van der Waals surface area contributed by atoms with Crippen molar-refractivity contribution in [3.8, 4) is 0 Å². The molecule has 1 aromatic rings. The van der Waals surface area contributed by atoms with Gasteiger partial charge in [0.25, 0.3) is 0 Å². The largest absolute Gasteiger partial charge is 0.375 e. The summed E-state index contributed by atoms with van der Waals surface area (Å²) in [4.78, 5) is 20.5. The number of hydrogen-bond donors (Lipinski definition) is 2. The topological polar surface area (TPSA) is 75.1 Å². The first-order valence-electron chi connectivity index (χ1n) is 10.6. The molecule has 0 spiro atoms. The highest BCUT2D eigenvalue weighted by Gasteiger charge is 2.15. The molecule has 1 aliphatic heterocycles. The van der Waals surface area contributed by atoms with Crippen molar-refractivity contribution >= 4 is 24.1 Å². The van der Waals surface area contributed by atoms with Gasteiger partial charge in [0.1, 0.15) is 11.5 Å². The van der Waals surface area contributed by atoms with Crippen LogP contribution in [0.2, 0.25) is 0 Å². The lowest BCUT2D eigenvalue weighted by Crippen LogP contribution is -2.27. The van der Waals surface area contributed by atoms with Crippen LogP contribution in [-0.2, 0) is 9.53 Å². The Balaban J connectivity index is 1.78. The van der Waals surface area contributed by atoms with Gasteiger partial charge in [0, 0.05) is 17.8 Å². The summed E-state index contributed by atoms with van der Waals surface area (Å²) in [7, 11) is 0. The Kier molecular flexibility index (Phi) is 7.99. The highest BCUT2D eigenvalue weighted by molar-refractivity contribution is 6.10. The standard InChI is InChI=1S/C23H32N4O2/c1-17-14-24-16-26-22(15-28)18(2)23(25-12-13-29-17)27-21-10-8-20(9-11-21)19-6-4-3-5-7-19/h8-11,15-17,19H,3-7,12-14H2,1-2H3,(H,24,26)(H,25,27)/b22-18-. The third-order valence-electron chi connectivity index (χ3n) is 5.56. The van der Waals surface area contributed by atoms with Crippen molar-refractivity contribution in [1.82, 2.24) is 5.32 Å². The van der Waals surface area contributed by atoms with Crippen LogP contribution < -0.4 is 10.6 Å². The number of hydrogen-bond acceptors (Lipinski definition) is 6. The SMILES string of the molecule is CC1=C(C=O)/N=C/NCC(C)OCC/N=C\1Nc1ccc(C2CCCCC2)cc1. The third kappa shape index (κ3) is 6.26. The normalized spacial score (nSPS) is 27.5. The minimum absolute atomic E-state index is 0.0459. The van der Waals surface area contributed by atoms with Gasteiger partial charge in [-0.15, -0.1) is 0 Å². The summed E-state index contributed by atoms with van der Waals surface area (Å²) in [6.07, 6.45) is 8.95. The Morgan fingerprint density at radius 2 is 1.93 bits per heavy atom. The Bertz CT molecular complexity index is 762. The molecule has 1 heterocycles. The Hall–Kier alpha value is -2.47. The summed E-state index contributed by atoms with van der Waals surface area (Å²) in [6, 6.07) is 8.61. The fraction of sp³-hybridized carbons (Fsp3) is 0.522. The summed E-state index contributed by atoms with van der Waals surface area (Å²) < 4.78 is 5.74. The van der Waals surface area contributed by atoms with Crippen LogP contribution in [0, 0.1) is 0 Å². The van der Waals surface area contributed by atoms with Gasteiger partial charge < -0.3 is 15.4 Å². The predicted octanol–water partition coefficient (Wildman–Crippen LogP) is 4.05. The van der Waals surface area contributed by atoms with Gasteiger partial charge >= 0.3 is 0 Å². The van der Waals surface area contributed by atoms with E-state index >= 15 is 0 Å². The first-order valence-corrected chi connectivity index (χ1v) is 10.6. The van der Waals surface area contributed by atoms with Crippen LogP contribution in [0.4, 0.5) is 5.69 Å². The second kappa shape index (κ2) is 10.9. The Morgan fingerprint density at radius 1 is 1.17 bits per heavy atom. The van der Waals surface area contributed by atoms with Crippen LogP contribution in [0.1, 0.15) is 57.4 Å². The quantitative estimate of drug-likeness (QED) is 0.756. The van der Waals surface area contributed by atoms with E-state index in [2.05, 4.69) is 44.9 Å². The van der Waals surface area contributed by atoms with Gasteiger partial charge in [-0.1, -0.05) is 31.4 Å². The molecule has 1 unspecified atom stereocenters. The van der Waals surface area contributed by atoms with Crippen molar-refractivity contribution < 1.29 is 9.53 Å². The number of ether oxygens (including phenoxy) is 1. The number of benzene rings is 1. The summed E-state index contributed by atoms with van der Waals surface area (Å²) in [5.74, 6) is 1.33. The fourth-order valence-electron chi connectivity index (χ4n) is 3.80. The number of carbonyl (C=O) groups excluding carboxylic acids is 1. The molecule has 0 amide bonds. The number of nitrogens with one attached hydrogen (secondary N) is 2. The molecule has 6 heteroatoms. The predicted molar refractivity (Wildman–Crippen MR) is 119 cm³/mol. The molecule has 6 nitrogen and oxygen atoms in total. The molecule has 0 saturated heterocycles. The molecular weight excluding hydrogens is 364 g/mol. The van der Waals surface area contributed by atoms with E-state index in [9.17, 15) is 4.79 Å². The van der Waals surface area contributed by atoms with Crippen LogP contribution in [0.3, 0.4) is 0 Å². The number of allylic oxidation sites excluding steroid dienone is 1. The van der Waals surface area contributed by atoms with Crippen molar-refractivity contribution in [2.75, 3.05) is 25.0 Å². The van der Waals surface area contributed by atoms with E-state index in [4.69, 9.17) is 4.74 Å². The number of aldehydes is 1. The number of anilines is 1. The zero-order valence-corrected chi connectivity index (χ0v) is 17.5. The maximum absolute atomic E-state index is 11.6. The fourth-order valence-corrected chi connectivity index (χ4v) is 3.80. The van der Waals surface area contributed by atoms with Crippen molar-refractivity contribution in [3.05, 3.63) is 41.1 Å². The molecule has 1 fully saturated rings. The van der Waals surface area contributed by atoms with Crippen LogP contribution in [-0.4, -0.2) is 44.3 Å². The number of aliphatic imine (C=N–C) groups is 2. The monoisotopic (exact) mass is 396 g/mol. The lowest BCUT2D eigenvalue weighted by molar-refractivity contribution is -0.104. The van der Waals surface area contributed by atoms with Gasteiger partial charge in [-0.05, 0) is 50.3 Å². The Morgan fingerprint density at radius 3 is 2.66 bits per heavy atom. The van der Waals surface area contributed by atoms with E-state index < -0.39 is 0 Å². The molecule has 1 aromatic carbocycles. The average molecular weight is 397 g/mol. The van der Waals surface area contributed by atoms with Gasteiger partial charge in [-0.3, -0.25) is 9.79 Å². The van der Waals surface area contributed by atoms with Crippen LogP contribution >= 0.6 is 0 Å². The van der Waals surface area contributed by atoms with E-state index in [1.807, 2.05) is 13.8 Å². The maximum Gasteiger partial charge on any atom is 0.168 e. The number of nitrogens with zero attached hydrogens (tertiary/aromatic N) is 2. The van der Waals surface area contributed by atoms with E-state index in [0.29, 0.717) is 42.7 Å². The summed E-state index contributed by atoms with van der Waals surface area (Å²) >= 11 is 0. The van der Waals surface area contributed by atoms with Crippen molar-refractivity contribution in [1.29, 1.82) is 0 Å². The minimum Gasteiger partial charge on any atom is -0.375 e.